The highest BCUT2D eigenvalue weighted by atomic mass is 35.5. The van der Waals surface area contributed by atoms with Gasteiger partial charge in [-0.05, 0) is 24.3 Å². The molecule has 0 bridgehead atoms. The highest BCUT2D eigenvalue weighted by Gasteiger charge is 2.14. The molecular weight excluding hydrogens is 402 g/mol. The third kappa shape index (κ3) is 3.87. The quantitative estimate of drug-likeness (QED) is 0.457. The number of aromatic amines is 1. The van der Waals surface area contributed by atoms with Gasteiger partial charge in [0.1, 0.15) is 23.0 Å². The van der Waals surface area contributed by atoms with Gasteiger partial charge in [0.05, 0.1) is 22.4 Å². The highest BCUT2D eigenvalue weighted by molar-refractivity contribution is 7.92. The van der Waals surface area contributed by atoms with Crippen molar-refractivity contribution >= 4 is 50.0 Å². The minimum absolute atomic E-state index is 0.182. The Morgan fingerprint density at radius 1 is 1.11 bits per heavy atom. The van der Waals surface area contributed by atoms with Gasteiger partial charge in [-0.25, -0.2) is 23.4 Å². The van der Waals surface area contributed by atoms with Crippen molar-refractivity contribution in [2.24, 2.45) is 0 Å². The number of fused-ring (bicyclic) bond motifs is 1. The fourth-order valence-electron chi connectivity index (χ4n) is 2.56. The van der Waals surface area contributed by atoms with Crippen LogP contribution in [-0.2, 0) is 10.0 Å². The molecule has 0 aliphatic heterocycles. The zero-order valence-electron chi connectivity index (χ0n) is 14.5. The van der Waals surface area contributed by atoms with Crippen LogP contribution in [0.2, 0.25) is 5.02 Å². The van der Waals surface area contributed by atoms with E-state index in [1.807, 2.05) is 6.07 Å². The Hall–Kier alpha value is -3.24. The molecule has 0 aliphatic rings. The van der Waals surface area contributed by atoms with E-state index >= 15 is 0 Å². The van der Waals surface area contributed by atoms with E-state index in [1.54, 1.807) is 36.7 Å². The first-order valence-electron chi connectivity index (χ1n) is 8.06. The molecule has 0 saturated heterocycles. The van der Waals surface area contributed by atoms with Crippen LogP contribution in [0, 0.1) is 0 Å². The molecule has 0 unspecified atom stereocenters. The van der Waals surface area contributed by atoms with E-state index in [4.69, 9.17) is 11.6 Å². The minimum Gasteiger partial charge on any atom is -0.346 e. The van der Waals surface area contributed by atoms with Gasteiger partial charge in [0.2, 0.25) is 10.0 Å². The largest absolute Gasteiger partial charge is 0.346 e. The lowest BCUT2D eigenvalue weighted by Crippen LogP contribution is -2.11. The number of pyridine rings is 2. The van der Waals surface area contributed by atoms with Crippen LogP contribution in [0.1, 0.15) is 0 Å². The lowest BCUT2D eigenvalue weighted by molar-refractivity contribution is 0.606. The van der Waals surface area contributed by atoms with Gasteiger partial charge in [-0.1, -0.05) is 17.7 Å². The Kier molecular flexibility index (Phi) is 4.57. The molecule has 0 saturated carbocycles. The summed E-state index contributed by atoms with van der Waals surface area (Å²) in [5, 5.41) is 4.40. The van der Waals surface area contributed by atoms with Gasteiger partial charge >= 0.3 is 0 Å². The Bertz CT molecular complexity index is 1270. The minimum atomic E-state index is -3.45. The number of nitrogens with zero attached hydrogens (tertiary/aromatic N) is 4. The molecule has 9 nitrogen and oxygen atoms in total. The predicted octanol–water partition coefficient (Wildman–Crippen LogP) is 3.18. The lowest BCUT2D eigenvalue weighted by atomic mass is 10.3. The Morgan fingerprint density at radius 3 is 2.75 bits per heavy atom. The molecule has 0 atom stereocenters. The standard InChI is InChI=1S/C17H14ClN7O2S/c1-28(26,27)25-14-4-2-3-13(21-14)17-23-15-10(5-8-20-15)16(24-17)22-12-6-7-19-9-11(12)18/h2-9H,1H3,(H,21,25)(H2,19,20,22,23,24). The molecule has 3 N–H and O–H groups in total. The van der Waals surface area contributed by atoms with Gasteiger partial charge in [-0.2, -0.15) is 0 Å². The number of hydrogen-bond acceptors (Lipinski definition) is 7. The number of anilines is 3. The molecule has 28 heavy (non-hydrogen) atoms. The molecule has 4 aromatic rings. The van der Waals surface area contributed by atoms with Crippen molar-refractivity contribution in [3.8, 4) is 11.5 Å². The van der Waals surface area contributed by atoms with Crippen molar-refractivity contribution in [3.05, 3.63) is 53.9 Å². The molecule has 0 fully saturated rings. The molecule has 0 aliphatic carbocycles. The van der Waals surface area contributed by atoms with E-state index in [2.05, 4.69) is 35.0 Å². The number of rotatable bonds is 5. The van der Waals surface area contributed by atoms with Crippen LogP contribution in [0.4, 0.5) is 17.3 Å². The van der Waals surface area contributed by atoms with Crippen LogP contribution in [0.15, 0.2) is 48.9 Å². The Labute approximate surface area is 165 Å². The molecule has 142 valence electrons. The third-order valence-corrected chi connectivity index (χ3v) is 4.59. The van der Waals surface area contributed by atoms with Crippen molar-refractivity contribution in [1.29, 1.82) is 0 Å². The molecule has 4 rings (SSSR count). The van der Waals surface area contributed by atoms with Crippen LogP contribution < -0.4 is 10.0 Å². The van der Waals surface area contributed by atoms with Crippen LogP contribution in [0.25, 0.3) is 22.6 Å². The van der Waals surface area contributed by atoms with Crippen molar-refractivity contribution < 1.29 is 8.42 Å². The summed E-state index contributed by atoms with van der Waals surface area (Å²) >= 11 is 6.18. The number of hydrogen-bond donors (Lipinski definition) is 3. The van der Waals surface area contributed by atoms with Crippen molar-refractivity contribution in [3.63, 3.8) is 0 Å². The van der Waals surface area contributed by atoms with Crippen LogP contribution in [0.3, 0.4) is 0 Å². The van der Waals surface area contributed by atoms with Gasteiger partial charge in [-0.15, -0.1) is 0 Å². The topological polar surface area (TPSA) is 126 Å². The normalized spacial score (nSPS) is 11.5. The zero-order valence-corrected chi connectivity index (χ0v) is 16.1. The summed E-state index contributed by atoms with van der Waals surface area (Å²) in [5.41, 5.74) is 1.65. The van der Waals surface area contributed by atoms with Crippen molar-refractivity contribution in [2.75, 3.05) is 16.3 Å². The highest BCUT2D eigenvalue weighted by Crippen LogP contribution is 2.29. The first kappa shape index (κ1) is 18.1. The Morgan fingerprint density at radius 2 is 1.96 bits per heavy atom. The van der Waals surface area contributed by atoms with Crippen molar-refractivity contribution in [1.82, 2.24) is 24.9 Å². The smallest absolute Gasteiger partial charge is 0.230 e. The van der Waals surface area contributed by atoms with Gasteiger partial charge in [-0.3, -0.25) is 9.71 Å². The van der Waals surface area contributed by atoms with Crippen LogP contribution in [0.5, 0.6) is 0 Å². The van der Waals surface area contributed by atoms with Gasteiger partial charge in [0.15, 0.2) is 5.82 Å². The molecule has 0 aromatic carbocycles. The SMILES string of the molecule is CS(=O)(=O)Nc1cccc(-c2nc(Nc3ccncc3Cl)c3cc[nH]c3n2)n1. The number of halogens is 1. The lowest BCUT2D eigenvalue weighted by Gasteiger charge is -2.10. The molecular formula is C17H14ClN7O2S. The van der Waals surface area contributed by atoms with E-state index in [0.717, 1.165) is 11.6 Å². The predicted molar refractivity (Wildman–Crippen MR) is 108 cm³/mol. The molecule has 0 spiro atoms. The van der Waals surface area contributed by atoms with Crippen LogP contribution >= 0.6 is 11.6 Å². The van der Waals surface area contributed by atoms with E-state index in [-0.39, 0.29) is 5.82 Å². The summed E-state index contributed by atoms with van der Waals surface area (Å²) in [6.07, 6.45) is 5.95. The summed E-state index contributed by atoms with van der Waals surface area (Å²) < 4.78 is 25.3. The van der Waals surface area contributed by atoms with Gasteiger partial charge in [0, 0.05) is 18.6 Å². The summed E-state index contributed by atoms with van der Waals surface area (Å²) in [6.45, 7) is 0. The average molecular weight is 416 g/mol. The second-order valence-electron chi connectivity index (χ2n) is 5.90. The molecule has 4 aromatic heterocycles. The third-order valence-electron chi connectivity index (χ3n) is 3.71. The van der Waals surface area contributed by atoms with E-state index in [1.165, 1.54) is 6.20 Å². The average Bonchev–Trinajstić information content (AvgIpc) is 3.11. The van der Waals surface area contributed by atoms with Gasteiger partial charge < -0.3 is 10.3 Å². The molecule has 4 heterocycles. The van der Waals surface area contributed by atoms with E-state index < -0.39 is 10.0 Å². The maximum atomic E-state index is 11.5. The monoisotopic (exact) mass is 415 g/mol. The second kappa shape index (κ2) is 7.06. The van der Waals surface area contributed by atoms with Gasteiger partial charge in [0.25, 0.3) is 0 Å². The summed E-state index contributed by atoms with van der Waals surface area (Å²) in [6, 6.07) is 8.49. The molecule has 0 radical (unpaired) electrons. The molecule has 0 amide bonds. The fourth-order valence-corrected chi connectivity index (χ4v) is 3.22. The van der Waals surface area contributed by atoms with E-state index in [0.29, 0.717) is 33.7 Å². The summed E-state index contributed by atoms with van der Waals surface area (Å²) in [7, 11) is -3.45. The fraction of sp³-hybridized carbons (Fsp3) is 0.0588. The number of sulfonamides is 1. The molecule has 11 heteroatoms. The maximum absolute atomic E-state index is 11.5. The first-order valence-corrected chi connectivity index (χ1v) is 10.3. The number of H-pyrrole nitrogens is 1. The zero-order chi connectivity index (χ0) is 19.7. The van der Waals surface area contributed by atoms with Crippen LogP contribution in [-0.4, -0.2) is 39.6 Å². The maximum Gasteiger partial charge on any atom is 0.230 e. The number of aromatic nitrogens is 5. The Balaban J connectivity index is 1.79. The first-order chi connectivity index (χ1) is 13.4. The van der Waals surface area contributed by atoms with Crippen molar-refractivity contribution in [2.45, 2.75) is 0 Å². The summed E-state index contributed by atoms with van der Waals surface area (Å²) in [5.74, 6) is 1.03. The second-order valence-corrected chi connectivity index (χ2v) is 8.05. The van der Waals surface area contributed by atoms with E-state index in [9.17, 15) is 8.42 Å². The summed E-state index contributed by atoms with van der Waals surface area (Å²) in [4.78, 5) is 20.3. The number of nitrogens with one attached hydrogen (secondary N) is 3.